The zero-order valence-electron chi connectivity index (χ0n) is 27.9. The maximum Gasteiger partial charge on any atom is 0.136 e. The molecule has 0 fully saturated rings. The minimum absolute atomic E-state index is 0.894. The van der Waals surface area contributed by atoms with Crippen LogP contribution in [-0.4, -0.2) is 0 Å². The SMILES string of the molecule is c1ccc(-c2ccc3oc4cccc(-c5c6ccccc6c(-c6c(-c7ccccc7)cccc6-c6ccccc6)c6ccccc56)c4c3c2)cc1. The van der Waals surface area contributed by atoms with E-state index in [1.54, 1.807) is 0 Å². The van der Waals surface area contributed by atoms with Crippen molar-refractivity contribution in [1.82, 2.24) is 0 Å². The van der Waals surface area contributed by atoms with Gasteiger partial charge in [-0.2, -0.15) is 0 Å². The zero-order valence-corrected chi connectivity index (χ0v) is 27.9. The van der Waals surface area contributed by atoms with Crippen LogP contribution in [0.5, 0.6) is 0 Å². The first-order chi connectivity index (χ1) is 25.3. The van der Waals surface area contributed by atoms with Crippen molar-refractivity contribution < 1.29 is 4.42 Å². The third-order valence-electron chi connectivity index (χ3n) is 10.3. The van der Waals surface area contributed by atoms with E-state index in [0.29, 0.717) is 0 Å². The van der Waals surface area contributed by atoms with Gasteiger partial charge in [0.2, 0.25) is 0 Å². The molecule has 10 rings (SSSR count). The second-order valence-electron chi connectivity index (χ2n) is 13.2. The van der Waals surface area contributed by atoms with Gasteiger partial charge in [-0.1, -0.05) is 176 Å². The fourth-order valence-electron chi connectivity index (χ4n) is 8.07. The van der Waals surface area contributed by atoms with Gasteiger partial charge in [0.25, 0.3) is 0 Å². The summed E-state index contributed by atoms with van der Waals surface area (Å²) in [5, 5.41) is 7.15. The molecule has 0 spiro atoms. The maximum absolute atomic E-state index is 6.55. The Balaban J connectivity index is 1.34. The van der Waals surface area contributed by atoms with E-state index in [4.69, 9.17) is 4.42 Å². The molecule has 0 aliphatic heterocycles. The number of hydrogen-bond acceptors (Lipinski definition) is 1. The highest BCUT2D eigenvalue weighted by molar-refractivity contribution is 6.27. The van der Waals surface area contributed by atoms with Crippen molar-refractivity contribution in [3.05, 3.63) is 194 Å². The van der Waals surface area contributed by atoms with E-state index >= 15 is 0 Å². The standard InChI is InChI=1S/C50H32O/c1-4-16-33(17-5-1)36-30-31-45-44(32-36)48-43(28-15-29-46(48)51-45)47-39-22-10-12-24-41(39)50(42-25-13-11-23-40(42)47)49-37(34-18-6-2-7-19-34)26-14-27-38(49)35-20-8-3-9-21-35/h1-32H. The second kappa shape index (κ2) is 12.0. The van der Waals surface area contributed by atoms with Gasteiger partial charge in [-0.25, -0.2) is 0 Å². The predicted octanol–water partition coefficient (Wildman–Crippen LogP) is 14.2. The Morgan fingerprint density at radius 1 is 0.255 bits per heavy atom. The normalized spacial score (nSPS) is 11.5. The molecule has 0 aliphatic rings. The molecule has 1 heteroatoms. The van der Waals surface area contributed by atoms with Crippen molar-refractivity contribution in [3.8, 4) is 55.6 Å². The van der Waals surface area contributed by atoms with E-state index in [9.17, 15) is 0 Å². The van der Waals surface area contributed by atoms with E-state index in [1.165, 1.54) is 77.2 Å². The first kappa shape index (κ1) is 29.2. The summed E-state index contributed by atoms with van der Waals surface area (Å²) in [7, 11) is 0. The molecule has 10 aromatic rings. The van der Waals surface area contributed by atoms with Crippen molar-refractivity contribution in [2.24, 2.45) is 0 Å². The second-order valence-corrected chi connectivity index (χ2v) is 13.2. The lowest BCUT2D eigenvalue weighted by Crippen LogP contribution is -1.95. The highest BCUT2D eigenvalue weighted by Gasteiger charge is 2.23. The molecule has 1 heterocycles. The zero-order chi connectivity index (χ0) is 33.7. The van der Waals surface area contributed by atoms with Crippen LogP contribution in [0, 0.1) is 0 Å². The van der Waals surface area contributed by atoms with Gasteiger partial charge in [0, 0.05) is 10.8 Å². The molecule has 9 aromatic carbocycles. The number of fused-ring (bicyclic) bond motifs is 5. The number of rotatable bonds is 5. The molecule has 0 saturated carbocycles. The molecular weight excluding hydrogens is 617 g/mol. The van der Waals surface area contributed by atoms with E-state index in [0.717, 1.165) is 21.9 Å². The highest BCUT2D eigenvalue weighted by Crippen LogP contribution is 2.50. The summed E-state index contributed by atoms with van der Waals surface area (Å²) in [6.45, 7) is 0. The van der Waals surface area contributed by atoms with Crippen molar-refractivity contribution in [2.75, 3.05) is 0 Å². The summed E-state index contributed by atoms with van der Waals surface area (Å²) < 4.78 is 6.55. The van der Waals surface area contributed by atoms with Crippen molar-refractivity contribution in [1.29, 1.82) is 0 Å². The van der Waals surface area contributed by atoms with Crippen LogP contribution in [-0.2, 0) is 0 Å². The van der Waals surface area contributed by atoms with Gasteiger partial charge in [0.05, 0.1) is 0 Å². The Morgan fingerprint density at radius 3 is 1.29 bits per heavy atom. The van der Waals surface area contributed by atoms with Crippen LogP contribution in [0.4, 0.5) is 0 Å². The van der Waals surface area contributed by atoms with Crippen LogP contribution >= 0.6 is 0 Å². The Labute approximate surface area is 296 Å². The average molecular weight is 649 g/mol. The lowest BCUT2D eigenvalue weighted by Gasteiger charge is -2.22. The van der Waals surface area contributed by atoms with Crippen LogP contribution < -0.4 is 0 Å². The Morgan fingerprint density at radius 2 is 0.725 bits per heavy atom. The third-order valence-corrected chi connectivity index (χ3v) is 10.3. The van der Waals surface area contributed by atoms with Crippen LogP contribution in [0.3, 0.4) is 0 Å². The van der Waals surface area contributed by atoms with Crippen molar-refractivity contribution in [3.63, 3.8) is 0 Å². The van der Waals surface area contributed by atoms with E-state index in [-0.39, 0.29) is 0 Å². The first-order valence-corrected chi connectivity index (χ1v) is 17.5. The minimum Gasteiger partial charge on any atom is -0.456 e. The molecule has 0 amide bonds. The topological polar surface area (TPSA) is 13.1 Å². The predicted molar refractivity (Wildman–Crippen MR) is 216 cm³/mol. The Kier molecular flexibility index (Phi) is 6.89. The molecule has 0 unspecified atom stereocenters. The quantitative estimate of drug-likeness (QED) is 0.169. The first-order valence-electron chi connectivity index (χ1n) is 17.5. The van der Waals surface area contributed by atoms with Gasteiger partial charge in [0.1, 0.15) is 11.2 Å². The number of furan rings is 1. The monoisotopic (exact) mass is 648 g/mol. The molecule has 238 valence electrons. The van der Waals surface area contributed by atoms with Crippen LogP contribution in [0.25, 0.3) is 99.1 Å². The van der Waals surface area contributed by atoms with E-state index in [1.807, 2.05) is 0 Å². The molecule has 0 saturated heterocycles. The summed E-state index contributed by atoms with van der Waals surface area (Å²) in [5.41, 5.74) is 13.9. The summed E-state index contributed by atoms with van der Waals surface area (Å²) >= 11 is 0. The summed E-state index contributed by atoms with van der Waals surface area (Å²) in [6.07, 6.45) is 0. The molecule has 51 heavy (non-hydrogen) atoms. The van der Waals surface area contributed by atoms with Crippen molar-refractivity contribution >= 4 is 43.5 Å². The minimum atomic E-state index is 0.894. The lowest BCUT2D eigenvalue weighted by molar-refractivity contribution is 0.669. The van der Waals surface area contributed by atoms with Crippen LogP contribution in [0.2, 0.25) is 0 Å². The average Bonchev–Trinajstić information content (AvgIpc) is 3.59. The van der Waals surface area contributed by atoms with Gasteiger partial charge >= 0.3 is 0 Å². The van der Waals surface area contributed by atoms with E-state index in [2.05, 4.69) is 194 Å². The number of hydrogen-bond donors (Lipinski definition) is 0. The van der Waals surface area contributed by atoms with Gasteiger partial charge in [-0.05, 0) is 95.4 Å². The number of benzene rings is 9. The molecule has 0 radical (unpaired) electrons. The fraction of sp³-hybridized carbons (Fsp3) is 0. The van der Waals surface area contributed by atoms with Gasteiger partial charge in [-0.3, -0.25) is 0 Å². The largest absolute Gasteiger partial charge is 0.456 e. The summed E-state index contributed by atoms with van der Waals surface area (Å²) in [6, 6.07) is 69.9. The van der Waals surface area contributed by atoms with Gasteiger partial charge < -0.3 is 4.42 Å². The lowest BCUT2D eigenvalue weighted by atomic mass is 9.80. The Hall–Kier alpha value is -6.70. The molecule has 0 aliphatic carbocycles. The maximum atomic E-state index is 6.55. The van der Waals surface area contributed by atoms with Crippen LogP contribution in [0.1, 0.15) is 0 Å². The van der Waals surface area contributed by atoms with Gasteiger partial charge in [0.15, 0.2) is 0 Å². The highest BCUT2D eigenvalue weighted by atomic mass is 16.3. The molecular formula is C50H32O. The summed E-state index contributed by atoms with van der Waals surface area (Å²) in [5.74, 6) is 0. The fourth-order valence-corrected chi connectivity index (χ4v) is 8.07. The van der Waals surface area contributed by atoms with Crippen LogP contribution in [0.15, 0.2) is 199 Å². The van der Waals surface area contributed by atoms with Crippen molar-refractivity contribution in [2.45, 2.75) is 0 Å². The molecule has 1 aromatic heterocycles. The Bertz CT molecular complexity index is 2770. The molecule has 1 nitrogen and oxygen atoms in total. The molecule has 0 atom stereocenters. The third kappa shape index (κ3) is 4.78. The molecule has 0 N–H and O–H groups in total. The van der Waals surface area contributed by atoms with E-state index < -0.39 is 0 Å². The van der Waals surface area contributed by atoms with Gasteiger partial charge in [-0.15, -0.1) is 0 Å². The molecule has 0 bridgehead atoms. The summed E-state index contributed by atoms with van der Waals surface area (Å²) in [4.78, 5) is 0. The smallest absolute Gasteiger partial charge is 0.136 e.